The molecule has 1 unspecified atom stereocenters. The molecule has 0 aliphatic carbocycles. The first-order valence-corrected chi connectivity index (χ1v) is 8.39. The van der Waals surface area contributed by atoms with E-state index in [1.165, 1.54) is 24.6 Å². The average Bonchev–Trinajstić information content (AvgIpc) is 3.00. The van der Waals surface area contributed by atoms with Crippen molar-refractivity contribution in [1.29, 1.82) is 0 Å². The number of para-hydroxylation sites is 1. The summed E-state index contributed by atoms with van der Waals surface area (Å²) in [6.45, 7) is 4.60. The summed E-state index contributed by atoms with van der Waals surface area (Å²) in [4.78, 5) is 22.7. The van der Waals surface area contributed by atoms with E-state index in [2.05, 4.69) is 14.9 Å². The van der Waals surface area contributed by atoms with E-state index in [9.17, 15) is 4.79 Å². The Morgan fingerprint density at radius 1 is 1.32 bits per heavy atom. The lowest BCUT2D eigenvalue weighted by atomic mass is 10.2. The number of rotatable bonds is 5. The van der Waals surface area contributed by atoms with Crippen LogP contribution < -0.4 is 0 Å². The van der Waals surface area contributed by atoms with E-state index in [1.54, 1.807) is 6.92 Å². The fraction of sp³-hybridized carbons (Fsp3) is 0.438. The number of hydrogen-bond acceptors (Lipinski definition) is 5. The molecule has 1 saturated heterocycles. The van der Waals surface area contributed by atoms with Crippen molar-refractivity contribution in [2.45, 2.75) is 36.6 Å². The lowest BCUT2D eigenvalue weighted by Crippen LogP contribution is -2.20. The number of carboxylic acids is 1. The zero-order valence-corrected chi connectivity index (χ0v) is 13.3. The molecule has 22 heavy (non-hydrogen) atoms. The highest BCUT2D eigenvalue weighted by molar-refractivity contribution is 8.00. The maximum Gasteiger partial charge on any atom is 0.316 e. The standard InChI is InChI=1S/C16H19N3O2S/c1-11(16(20)21)22-15-12-6-2-3-7-13(12)17-14(18-15)10-19-8-4-5-9-19/h2-3,6-7,11H,4-5,8-10H2,1H3,(H,20,21). The zero-order chi connectivity index (χ0) is 15.5. The normalized spacial score (nSPS) is 17.0. The van der Waals surface area contributed by atoms with Crippen LogP contribution in [-0.2, 0) is 11.3 Å². The van der Waals surface area contributed by atoms with Crippen molar-refractivity contribution < 1.29 is 9.90 Å². The Balaban J connectivity index is 1.94. The van der Waals surface area contributed by atoms with Crippen LogP contribution in [0, 0.1) is 0 Å². The van der Waals surface area contributed by atoms with Crippen molar-refractivity contribution in [3.8, 4) is 0 Å². The third kappa shape index (κ3) is 3.39. The Labute approximate surface area is 133 Å². The predicted octanol–water partition coefficient (Wildman–Crippen LogP) is 2.79. The van der Waals surface area contributed by atoms with Crippen LogP contribution in [0.1, 0.15) is 25.6 Å². The van der Waals surface area contributed by atoms with E-state index in [0.29, 0.717) is 0 Å². The molecule has 116 valence electrons. The van der Waals surface area contributed by atoms with Crippen LogP contribution in [0.5, 0.6) is 0 Å². The van der Waals surface area contributed by atoms with Gasteiger partial charge in [-0.05, 0) is 38.9 Å². The highest BCUT2D eigenvalue weighted by Crippen LogP contribution is 2.29. The molecule has 1 fully saturated rings. The summed E-state index contributed by atoms with van der Waals surface area (Å²) in [5.74, 6) is -0.0468. The minimum Gasteiger partial charge on any atom is -0.480 e. The van der Waals surface area contributed by atoms with E-state index < -0.39 is 11.2 Å². The molecule has 1 aliphatic heterocycles. The molecule has 1 N–H and O–H groups in total. The van der Waals surface area contributed by atoms with Gasteiger partial charge >= 0.3 is 5.97 Å². The van der Waals surface area contributed by atoms with Crippen LogP contribution in [0.15, 0.2) is 29.3 Å². The third-order valence-electron chi connectivity index (χ3n) is 3.81. The molecule has 0 spiro atoms. The predicted molar refractivity (Wildman–Crippen MR) is 87.0 cm³/mol. The number of carboxylic acid groups (broad SMARTS) is 1. The van der Waals surface area contributed by atoms with Crippen molar-refractivity contribution in [2.75, 3.05) is 13.1 Å². The summed E-state index contributed by atoms with van der Waals surface area (Å²) in [5, 5.41) is 10.3. The van der Waals surface area contributed by atoms with Gasteiger partial charge in [0.1, 0.15) is 16.1 Å². The van der Waals surface area contributed by atoms with Crippen LogP contribution in [0.25, 0.3) is 10.9 Å². The minimum absolute atomic E-state index is 0.530. The van der Waals surface area contributed by atoms with E-state index in [1.807, 2.05) is 24.3 Å². The summed E-state index contributed by atoms with van der Waals surface area (Å²) in [6, 6.07) is 7.79. The van der Waals surface area contributed by atoms with Gasteiger partial charge in [-0.15, -0.1) is 0 Å². The second kappa shape index (κ2) is 6.62. The van der Waals surface area contributed by atoms with E-state index in [0.717, 1.165) is 41.4 Å². The number of fused-ring (bicyclic) bond motifs is 1. The van der Waals surface area contributed by atoms with Crippen LogP contribution in [0.3, 0.4) is 0 Å². The highest BCUT2D eigenvalue weighted by atomic mass is 32.2. The first-order valence-electron chi connectivity index (χ1n) is 7.51. The number of aromatic nitrogens is 2. The van der Waals surface area contributed by atoms with Gasteiger partial charge < -0.3 is 5.11 Å². The van der Waals surface area contributed by atoms with Gasteiger partial charge in [-0.1, -0.05) is 30.0 Å². The molecule has 2 heterocycles. The van der Waals surface area contributed by atoms with Crippen molar-refractivity contribution in [1.82, 2.24) is 14.9 Å². The van der Waals surface area contributed by atoms with Gasteiger partial charge in [-0.3, -0.25) is 9.69 Å². The molecule has 2 aromatic rings. The molecule has 1 aromatic carbocycles. The summed E-state index contributed by atoms with van der Waals surface area (Å²) < 4.78 is 0. The summed E-state index contributed by atoms with van der Waals surface area (Å²) in [6.07, 6.45) is 2.45. The molecule has 1 aromatic heterocycles. The molecule has 0 amide bonds. The summed E-state index contributed by atoms with van der Waals surface area (Å²) in [5.41, 5.74) is 0.881. The van der Waals surface area contributed by atoms with Crippen molar-refractivity contribution in [3.05, 3.63) is 30.1 Å². The molecule has 0 radical (unpaired) electrons. The van der Waals surface area contributed by atoms with Crippen LogP contribution in [0.4, 0.5) is 0 Å². The van der Waals surface area contributed by atoms with Gasteiger partial charge in [-0.25, -0.2) is 9.97 Å². The fourth-order valence-corrected chi connectivity index (χ4v) is 3.51. The van der Waals surface area contributed by atoms with Crippen molar-refractivity contribution in [3.63, 3.8) is 0 Å². The number of hydrogen-bond donors (Lipinski definition) is 1. The Morgan fingerprint density at radius 3 is 2.77 bits per heavy atom. The van der Waals surface area contributed by atoms with Crippen molar-refractivity contribution >= 4 is 28.6 Å². The largest absolute Gasteiger partial charge is 0.480 e. The summed E-state index contributed by atoms with van der Waals surface area (Å²) >= 11 is 1.28. The van der Waals surface area contributed by atoms with Gasteiger partial charge in [0, 0.05) is 5.39 Å². The lowest BCUT2D eigenvalue weighted by Gasteiger charge is -2.15. The fourth-order valence-electron chi connectivity index (χ4n) is 2.61. The van der Waals surface area contributed by atoms with E-state index in [4.69, 9.17) is 5.11 Å². The number of nitrogens with zero attached hydrogens (tertiary/aromatic N) is 3. The first kappa shape index (κ1) is 15.2. The van der Waals surface area contributed by atoms with E-state index in [-0.39, 0.29) is 0 Å². The number of carbonyl (C=O) groups is 1. The SMILES string of the molecule is CC(Sc1nc(CN2CCCC2)nc2ccccc12)C(=O)O. The maximum absolute atomic E-state index is 11.1. The van der Waals surface area contributed by atoms with Crippen molar-refractivity contribution in [2.24, 2.45) is 0 Å². The lowest BCUT2D eigenvalue weighted by molar-refractivity contribution is -0.136. The molecular weight excluding hydrogens is 298 g/mol. The van der Waals surface area contributed by atoms with Crippen LogP contribution in [-0.4, -0.2) is 44.3 Å². The van der Waals surface area contributed by atoms with Crippen LogP contribution in [0.2, 0.25) is 0 Å². The highest BCUT2D eigenvalue weighted by Gasteiger charge is 2.18. The minimum atomic E-state index is -0.825. The van der Waals surface area contributed by atoms with Gasteiger partial charge in [0.05, 0.1) is 12.1 Å². The second-order valence-corrected chi connectivity index (χ2v) is 6.87. The number of likely N-dealkylation sites (tertiary alicyclic amines) is 1. The molecular formula is C16H19N3O2S. The molecule has 1 aliphatic rings. The Kier molecular flexibility index (Phi) is 4.59. The van der Waals surface area contributed by atoms with Gasteiger partial charge in [0.25, 0.3) is 0 Å². The maximum atomic E-state index is 11.1. The van der Waals surface area contributed by atoms with Gasteiger partial charge in [-0.2, -0.15) is 0 Å². The molecule has 0 saturated carbocycles. The first-order chi connectivity index (χ1) is 10.6. The second-order valence-electron chi connectivity index (χ2n) is 5.54. The number of thioether (sulfide) groups is 1. The zero-order valence-electron chi connectivity index (χ0n) is 12.5. The monoisotopic (exact) mass is 317 g/mol. The van der Waals surface area contributed by atoms with E-state index >= 15 is 0 Å². The molecule has 0 bridgehead atoms. The quantitative estimate of drug-likeness (QED) is 0.676. The average molecular weight is 317 g/mol. The Morgan fingerprint density at radius 2 is 2.05 bits per heavy atom. The number of aliphatic carboxylic acids is 1. The molecule has 5 nitrogen and oxygen atoms in total. The Bertz CT molecular complexity index is 686. The molecule has 3 rings (SSSR count). The Hall–Kier alpha value is -1.66. The van der Waals surface area contributed by atoms with Crippen LogP contribution >= 0.6 is 11.8 Å². The summed E-state index contributed by atoms with van der Waals surface area (Å²) in [7, 11) is 0. The molecule has 1 atom stereocenters. The smallest absolute Gasteiger partial charge is 0.316 e. The van der Waals surface area contributed by atoms with Gasteiger partial charge in [0.15, 0.2) is 0 Å². The number of benzene rings is 1. The molecule has 6 heteroatoms. The third-order valence-corrected chi connectivity index (χ3v) is 4.90. The van der Waals surface area contributed by atoms with Gasteiger partial charge in [0.2, 0.25) is 0 Å². The topological polar surface area (TPSA) is 66.3 Å².